The average Bonchev–Trinajstić information content (AvgIpc) is 2.69. The van der Waals surface area contributed by atoms with Crippen LogP contribution in [0, 0.1) is 4.77 Å². The number of nitrogens with two attached hydrogens (primary N) is 1. The topological polar surface area (TPSA) is 68.9 Å². The van der Waals surface area contributed by atoms with Crippen molar-refractivity contribution in [1.82, 2.24) is 14.9 Å². The van der Waals surface area contributed by atoms with Crippen LogP contribution in [0.25, 0.3) is 0 Å². The first-order chi connectivity index (χ1) is 8.27. The summed E-state index contributed by atoms with van der Waals surface area (Å²) in [6.45, 7) is 0.668. The normalized spacial score (nSPS) is 18.5. The molecule has 1 atom stereocenters. The fraction of sp³-hybridized carbons (Fsp3) is 0.273. The van der Waals surface area contributed by atoms with Crippen LogP contribution in [-0.4, -0.2) is 21.5 Å². The van der Waals surface area contributed by atoms with E-state index in [2.05, 4.69) is 10.2 Å². The molecule has 1 aliphatic rings. The maximum Gasteiger partial charge on any atom is 0.214 e. The van der Waals surface area contributed by atoms with Crippen molar-refractivity contribution >= 4 is 12.2 Å². The molecule has 3 rings (SSSR count). The summed E-state index contributed by atoms with van der Waals surface area (Å²) in [6.07, 6.45) is 0.855. The zero-order chi connectivity index (χ0) is 11.8. The Morgan fingerprint density at radius 3 is 3.06 bits per heavy atom. The molecule has 0 aliphatic carbocycles. The summed E-state index contributed by atoms with van der Waals surface area (Å²) < 4.78 is 7.47. The predicted octanol–water partition coefficient (Wildman–Crippen LogP) is 1.57. The monoisotopic (exact) mass is 248 g/mol. The molecular formula is C11H12N4OS. The highest BCUT2D eigenvalue weighted by atomic mass is 32.1. The number of rotatable bonds is 1. The lowest BCUT2D eigenvalue weighted by molar-refractivity contribution is 0.273. The summed E-state index contributed by atoms with van der Waals surface area (Å²) in [5.41, 5.74) is 1.11. The molecule has 1 aromatic heterocycles. The summed E-state index contributed by atoms with van der Waals surface area (Å²) in [5.74, 6) is 7.66. The van der Waals surface area contributed by atoms with E-state index in [-0.39, 0.29) is 5.92 Å². The number of hydrogen-bond donors (Lipinski definition) is 2. The maximum absolute atomic E-state index is 5.87. The molecule has 0 radical (unpaired) electrons. The molecule has 2 heterocycles. The zero-order valence-electron chi connectivity index (χ0n) is 9.09. The molecule has 1 unspecified atom stereocenters. The molecule has 0 saturated carbocycles. The minimum atomic E-state index is 0.137. The Hall–Kier alpha value is -1.82. The second-order valence-electron chi connectivity index (χ2n) is 3.98. The van der Waals surface area contributed by atoms with E-state index in [0.29, 0.717) is 11.4 Å². The standard InChI is InChI=1S/C11H12N4OS/c12-15-10(13-14-11(15)17)8-5-6-16-9-4-2-1-3-7(8)9/h1-4,8H,5-6,12H2,(H,14,17). The molecule has 3 N–H and O–H groups in total. The Morgan fingerprint density at radius 2 is 2.29 bits per heavy atom. The number of hydrogen-bond acceptors (Lipinski definition) is 4. The molecule has 0 bridgehead atoms. The number of H-pyrrole nitrogens is 1. The van der Waals surface area contributed by atoms with Gasteiger partial charge in [0.15, 0.2) is 5.82 Å². The van der Waals surface area contributed by atoms with Crippen LogP contribution in [0.3, 0.4) is 0 Å². The molecule has 0 amide bonds. The van der Waals surface area contributed by atoms with Crippen LogP contribution < -0.4 is 10.6 Å². The van der Waals surface area contributed by atoms with Crippen LogP contribution in [-0.2, 0) is 0 Å². The highest BCUT2D eigenvalue weighted by molar-refractivity contribution is 7.71. The Morgan fingerprint density at radius 1 is 1.47 bits per heavy atom. The quantitative estimate of drug-likeness (QED) is 0.593. The first kappa shape index (κ1) is 10.3. The number of fused-ring (bicyclic) bond motifs is 1. The van der Waals surface area contributed by atoms with Gasteiger partial charge in [-0.05, 0) is 24.7 Å². The Bertz CT molecular complexity index is 604. The summed E-state index contributed by atoms with van der Waals surface area (Å²) in [4.78, 5) is 0. The fourth-order valence-electron chi connectivity index (χ4n) is 2.17. The third-order valence-corrected chi connectivity index (χ3v) is 3.29. The van der Waals surface area contributed by atoms with E-state index in [1.165, 1.54) is 4.68 Å². The van der Waals surface area contributed by atoms with Gasteiger partial charge >= 0.3 is 0 Å². The Kier molecular flexibility index (Phi) is 2.36. The molecule has 5 nitrogen and oxygen atoms in total. The lowest BCUT2D eigenvalue weighted by atomic mass is 9.92. The van der Waals surface area contributed by atoms with Crippen molar-refractivity contribution in [3.05, 3.63) is 40.4 Å². The van der Waals surface area contributed by atoms with E-state index in [1.54, 1.807) is 0 Å². The molecule has 0 spiro atoms. The van der Waals surface area contributed by atoms with Gasteiger partial charge in [-0.25, -0.2) is 4.68 Å². The third-order valence-electron chi connectivity index (χ3n) is 3.00. The molecule has 1 aromatic carbocycles. The number of para-hydroxylation sites is 1. The first-order valence-electron chi connectivity index (χ1n) is 5.41. The number of aromatic amines is 1. The van der Waals surface area contributed by atoms with Gasteiger partial charge in [-0.15, -0.1) is 0 Å². The van der Waals surface area contributed by atoms with Crippen molar-refractivity contribution < 1.29 is 4.74 Å². The lowest BCUT2D eigenvalue weighted by Crippen LogP contribution is -2.21. The predicted molar refractivity (Wildman–Crippen MR) is 66.0 cm³/mol. The van der Waals surface area contributed by atoms with Gasteiger partial charge < -0.3 is 10.6 Å². The largest absolute Gasteiger partial charge is 0.493 e. The second-order valence-corrected chi connectivity index (χ2v) is 4.37. The summed E-state index contributed by atoms with van der Waals surface area (Å²) in [6, 6.07) is 7.95. The van der Waals surface area contributed by atoms with Gasteiger partial charge in [-0.1, -0.05) is 18.2 Å². The van der Waals surface area contributed by atoms with Crippen molar-refractivity contribution in [3.63, 3.8) is 0 Å². The van der Waals surface area contributed by atoms with E-state index in [4.69, 9.17) is 22.8 Å². The van der Waals surface area contributed by atoms with Gasteiger partial charge in [0, 0.05) is 5.56 Å². The fourth-order valence-corrected chi connectivity index (χ4v) is 2.31. The van der Waals surface area contributed by atoms with Crippen molar-refractivity contribution in [2.75, 3.05) is 12.4 Å². The number of ether oxygens (including phenoxy) is 1. The molecular weight excluding hydrogens is 236 g/mol. The maximum atomic E-state index is 5.87. The summed E-state index contributed by atoms with van der Waals surface area (Å²) in [7, 11) is 0. The zero-order valence-corrected chi connectivity index (χ0v) is 9.91. The van der Waals surface area contributed by atoms with Crippen molar-refractivity contribution in [2.45, 2.75) is 12.3 Å². The first-order valence-corrected chi connectivity index (χ1v) is 5.82. The van der Waals surface area contributed by atoms with Crippen molar-refractivity contribution in [1.29, 1.82) is 0 Å². The van der Waals surface area contributed by atoms with Crippen LogP contribution in [0.4, 0.5) is 0 Å². The van der Waals surface area contributed by atoms with Gasteiger partial charge in [0.25, 0.3) is 0 Å². The van der Waals surface area contributed by atoms with Gasteiger partial charge in [0.1, 0.15) is 5.75 Å². The molecule has 0 fully saturated rings. The van der Waals surface area contributed by atoms with Gasteiger partial charge in [-0.3, -0.25) is 5.10 Å². The summed E-state index contributed by atoms with van der Waals surface area (Å²) >= 11 is 5.03. The SMILES string of the molecule is Nn1c(C2CCOc3ccccc32)n[nH]c1=S. The van der Waals surface area contributed by atoms with Crippen LogP contribution in [0.5, 0.6) is 5.75 Å². The van der Waals surface area contributed by atoms with Crippen LogP contribution in [0.15, 0.2) is 24.3 Å². The smallest absolute Gasteiger partial charge is 0.214 e. The van der Waals surface area contributed by atoms with Gasteiger partial charge in [-0.2, -0.15) is 5.10 Å². The van der Waals surface area contributed by atoms with E-state index in [0.717, 1.165) is 23.6 Å². The Labute approximate surface area is 103 Å². The minimum Gasteiger partial charge on any atom is -0.493 e. The van der Waals surface area contributed by atoms with Gasteiger partial charge in [0.2, 0.25) is 4.77 Å². The van der Waals surface area contributed by atoms with Crippen LogP contribution >= 0.6 is 12.2 Å². The summed E-state index contributed by atoms with van der Waals surface area (Å²) in [5, 5.41) is 6.92. The van der Waals surface area contributed by atoms with Crippen molar-refractivity contribution in [2.24, 2.45) is 0 Å². The van der Waals surface area contributed by atoms with Crippen molar-refractivity contribution in [3.8, 4) is 5.75 Å². The van der Waals surface area contributed by atoms with E-state index in [9.17, 15) is 0 Å². The third kappa shape index (κ3) is 1.61. The van der Waals surface area contributed by atoms with E-state index >= 15 is 0 Å². The number of aromatic nitrogens is 3. The number of benzene rings is 1. The highest BCUT2D eigenvalue weighted by Gasteiger charge is 2.26. The molecule has 88 valence electrons. The second kappa shape index (κ2) is 3.89. The van der Waals surface area contributed by atoms with E-state index in [1.807, 2.05) is 24.3 Å². The molecule has 6 heteroatoms. The van der Waals surface area contributed by atoms with Crippen LogP contribution in [0.2, 0.25) is 0 Å². The number of nitrogens with zero attached hydrogens (tertiary/aromatic N) is 2. The number of nitrogens with one attached hydrogen (secondary N) is 1. The Balaban J connectivity index is 2.12. The molecule has 17 heavy (non-hydrogen) atoms. The van der Waals surface area contributed by atoms with Crippen LogP contribution in [0.1, 0.15) is 23.7 Å². The molecule has 2 aromatic rings. The van der Waals surface area contributed by atoms with E-state index < -0.39 is 0 Å². The van der Waals surface area contributed by atoms with Gasteiger partial charge in [0.05, 0.1) is 12.5 Å². The average molecular weight is 248 g/mol. The highest BCUT2D eigenvalue weighted by Crippen LogP contribution is 2.36. The lowest BCUT2D eigenvalue weighted by Gasteiger charge is -2.24. The molecule has 1 aliphatic heterocycles. The minimum absolute atomic E-state index is 0.137. The number of nitrogen functional groups attached to an aromatic ring is 1. The molecule has 0 saturated heterocycles.